The van der Waals surface area contributed by atoms with Gasteiger partial charge < -0.3 is 15.4 Å². The van der Waals surface area contributed by atoms with Crippen LogP contribution in [0, 0.1) is 18.6 Å². The second kappa shape index (κ2) is 6.89. The van der Waals surface area contributed by atoms with Crippen LogP contribution in [0.4, 0.5) is 20.2 Å². The molecule has 22 heavy (non-hydrogen) atoms. The van der Waals surface area contributed by atoms with Crippen molar-refractivity contribution in [3.05, 3.63) is 52.6 Å². The van der Waals surface area contributed by atoms with Crippen LogP contribution in [0.25, 0.3) is 0 Å². The average molecular weight is 343 g/mol. The first-order valence-electron chi connectivity index (χ1n) is 6.28. The Morgan fingerprint density at radius 1 is 1.14 bits per heavy atom. The first-order chi connectivity index (χ1) is 10.4. The largest absolute Gasteiger partial charge is 0.495 e. The molecule has 0 unspecified atom stereocenters. The maximum Gasteiger partial charge on any atom is 0.175 e. The summed E-state index contributed by atoms with van der Waals surface area (Å²) in [6.07, 6.45) is 0. The van der Waals surface area contributed by atoms with Crippen LogP contribution in [0.15, 0.2) is 30.3 Å². The first-order valence-corrected chi connectivity index (χ1v) is 7.06. The zero-order valence-electron chi connectivity index (χ0n) is 11.8. The molecule has 0 atom stereocenters. The molecule has 0 bridgehead atoms. The lowest BCUT2D eigenvalue weighted by Crippen LogP contribution is -2.20. The maximum absolute atomic E-state index is 13.6. The molecule has 0 fully saturated rings. The van der Waals surface area contributed by atoms with Crippen molar-refractivity contribution in [2.24, 2.45) is 0 Å². The van der Waals surface area contributed by atoms with Gasteiger partial charge in [-0.2, -0.15) is 0 Å². The molecule has 0 amide bonds. The number of thiocarbonyl (C=S) groups is 1. The third-order valence-electron chi connectivity index (χ3n) is 2.91. The summed E-state index contributed by atoms with van der Waals surface area (Å²) in [5.74, 6) is -0.889. The van der Waals surface area contributed by atoms with Crippen molar-refractivity contribution in [3.8, 4) is 5.75 Å². The Morgan fingerprint density at radius 3 is 2.45 bits per heavy atom. The highest BCUT2D eigenvalue weighted by Gasteiger charge is 2.10. The van der Waals surface area contributed by atoms with Crippen molar-refractivity contribution in [1.82, 2.24) is 0 Å². The summed E-state index contributed by atoms with van der Waals surface area (Å²) in [6.45, 7) is 1.84. The fourth-order valence-corrected chi connectivity index (χ4v) is 2.17. The summed E-state index contributed by atoms with van der Waals surface area (Å²) in [6, 6.07) is 6.60. The lowest BCUT2D eigenvalue weighted by molar-refractivity contribution is 0.417. The van der Waals surface area contributed by atoms with Gasteiger partial charge in [0.05, 0.1) is 18.5 Å². The number of hydrogen-bond donors (Lipinski definition) is 2. The molecule has 2 N–H and O–H groups in total. The van der Waals surface area contributed by atoms with Crippen LogP contribution >= 0.6 is 23.8 Å². The van der Waals surface area contributed by atoms with Crippen molar-refractivity contribution in [3.63, 3.8) is 0 Å². The second-order valence-electron chi connectivity index (χ2n) is 4.50. The van der Waals surface area contributed by atoms with Crippen LogP contribution in [0.1, 0.15) is 5.56 Å². The molecule has 0 radical (unpaired) electrons. The van der Waals surface area contributed by atoms with E-state index in [1.165, 1.54) is 13.2 Å². The van der Waals surface area contributed by atoms with E-state index >= 15 is 0 Å². The Labute approximate surface area is 137 Å². The molecule has 0 aromatic heterocycles. The number of halogens is 3. The molecule has 3 nitrogen and oxygen atoms in total. The number of aryl methyl sites for hydroxylation is 1. The highest BCUT2D eigenvalue weighted by Crippen LogP contribution is 2.31. The van der Waals surface area contributed by atoms with E-state index < -0.39 is 11.6 Å². The van der Waals surface area contributed by atoms with Crippen LogP contribution in [0.5, 0.6) is 5.75 Å². The van der Waals surface area contributed by atoms with Crippen molar-refractivity contribution < 1.29 is 13.5 Å². The van der Waals surface area contributed by atoms with E-state index in [-0.39, 0.29) is 10.8 Å². The van der Waals surface area contributed by atoms with Crippen LogP contribution < -0.4 is 15.4 Å². The molecule has 0 saturated heterocycles. The smallest absolute Gasteiger partial charge is 0.175 e. The normalized spacial score (nSPS) is 10.2. The molecule has 2 aromatic carbocycles. The predicted molar refractivity (Wildman–Crippen MR) is 88.9 cm³/mol. The van der Waals surface area contributed by atoms with Crippen LogP contribution in [0.3, 0.4) is 0 Å². The lowest BCUT2D eigenvalue weighted by Gasteiger charge is -2.15. The quantitative estimate of drug-likeness (QED) is 0.789. The van der Waals surface area contributed by atoms with E-state index in [0.29, 0.717) is 16.5 Å². The van der Waals surface area contributed by atoms with E-state index in [0.717, 1.165) is 17.7 Å². The molecule has 7 heteroatoms. The molecular weight excluding hydrogens is 330 g/mol. The van der Waals surface area contributed by atoms with Gasteiger partial charge in [0.2, 0.25) is 0 Å². The fourth-order valence-electron chi connectivity index (χ4n) is 1.80. The maximum atomic E-state index is 13.6. The van der Waals surface area contributed by atoms with E-state index in [2.05, 4.69) is 10.6 Å². The van der Waals surface area contributed by atoms with Crippen LogP contribution in [-0.2, 0) is 0 Å². The number of methoxy groups -OCH3 is 1. The van der Waals surface area contributed by atoms with Crippen LogP contribution in [0.2, 0.25) is 5.02 Å². The van der Waals surface area contributed by atoms with Gasteiger partial charge >= 0.3 is 0 Å². The van der Waals surface area contributed by atoms with Gasteiger partial charge in [-0.1, -0.05) is 11.6 Å². The van der Waals surface area contributed by atoms with Gasteiger partial charge in [0.1, 0.15) is 17.4 Å². The highest BCUT2D eigenvalue weighted by molar-refractivity contribution is 7.80. The van der Waals surface area contributed by atoms with Gasteiger partial charge in [0, 0.05) is 17.2 Å². The lowest BCUT2D eigenvalue weighted by atomic mass is 10.2. The average Bonchev–Trinajstić information content (AvgIpc) is 2.45. The molecule has 2 rings (SSSR count). The zero-order valence-corrected chi connectivity index (χ0v) is 13.4. The number of ether oxygens (including phenoxy) is 1. The molecule has 0 aliphatic rings. The minimum absolute atomic E-state index is 0.0727. The highest BCUT2D eigenvalue weighted by atomic mass is 35.5. The van der Waals surface area contributed by atoms with Crippen LogP contribution in [-0.4, -0.2) is 12.2 Å². The van der Waals surface area contributed by atoms with Crippen molar-refractivity contribution in [1.29, 1.82) is 0 Å². The molecule has 0 spiro atoms. The summed E-state index contributed by atoms with van der Waals surface area (Å²) in [5, 5.41) is 6.26. The van der Waals surface area contributed by atoms with Gasteiger partial charge in [-0.25, -0.2) is 8.78 Å². The summed E-state index contributed by atoms with van der Waals surface area (Å²) in [7, 11) is 1.50. The van der Waals surface area contributed by atoms with Gasteiger partial charge in [0.15, 0.2) is 5.11 Å². The third-order valence-corrected chi connectivity index (χ3v) is 3.52. The van der Waals surface area contributed by atoms with E-state index in [4.69, 9.17) is 28.6 Å². The standard InChI is InChI=1S/C15H13ClF2N2OS/c1-8-5-13(14(21-2)7-10(8)16)20-15(22)19-12-4-3-9(17)6-11(12)18/h3-7H,1-2H3,(H2,19,20,22). The molecule has 0 saturated carbocycles. The minimum atomic E-state index is -0.733. The number of rotatable bonds is 3. The predicted octanol–water partition coefficient (Wildman–Crippen LogP) is 4.74. The van der Waals surface area contributed by atoms with E-state index in [9.17, 15) is 8.78 Å². The Kier molecular flexibility index (Phi) is 5.15. The van der Waals surface area contributed by atoms with Gasteiger partial charge in [-0.15, -0.1) is 0 Å². The Bertz CT molecular complexity index is 725. The zero-order chi connectivity index (χ0) is 16.3. The Hall–Kier alpha value is -1.92. The molecule has 116 valence electrons. The first kappa shape index (κ1) is 16.5. The number of anilines is 2. The summed E-state index contributed by atoms with van der Waals surface area (Å²) < 4.78 is 31.7. The molecule has 0 aliphatic carbocycles. The topological polar surface area (TPSA) is 33.3 Å². The van der Waals surface area contributed by atoms with Gasteiger partial charge in [-0.3, -0.25) is 0 Å². The minimum Gasteiger partial charge on any atom is -0.495 e. The summed E-state index contributed by atoms with van der Waals surface area (Å²) in [5.41, 5.74) is 1.49. The third kappa shape index (κ3) is 3.84. The molecule has 0 heterocycles. The van der Waals surface area contributed by atoms with Crippen molar-refractivity contribution in [2.45, 2.75) is 6.92 Å². The van der Waals surface area contributed by atoms with Gasteiger partial charge in [0.25, 0.3) is 0 Å². The Balaban J connectivity index is 2.17. The Morgan fingerprint density at radius 2 is 1.82 bits per heavy atom. The van der Waals surface area contributed by atoms with Gasteiger partial charge in [-0.05, 0) is 42.9 Å². The monoisotopic (exact) mass is 342 g/mol. The summed E-state index contributed by atoms with van der Waals surface area (Å²) >= 11 is 11.1. The second-order valence-corrected chi connectivity index (χ2v) is 5.32. The number of nitrogens with one attached hydrogen (secondary N) is 2. The van der Waals surface area contributed by atoms with Crippen molar-refractivity contribution in [2.75, 3.05) is 17.7 Å². The fraction of sp³-hybridized carbons (Fsp3) is 0.133. The van der Waals surface area contributed by atoms with Crippen molar-refractivity contribution >= 4 is 40.3 Å². The molecular formula is C15H13ClF2N2OS. The van der Waals surface area contributed by atoms with E-state index in [1.54, 1.807) is 12.1 Å². The van der Waals surface area contributed by atoms with E-state index in [1.807, 2.05) is 6.92 Å². The molecule has 0 aliphatic heterocycles. The number of benzene rings is 2. The molecule has 2 aromatic rings. The number of hydrogen-bond acceptors (Lipinski definition) is 2. The SMILES string of the molecule is COc1cc(Cl)c(C)cc1NC(=S)Nc1ccc(F)cc1F. The summed E-state index contributed by atoms with van der Waals surface area (Å²) in [4.78, 5) is 0.